The Labute approximate surface area is 162 Å². The van der Waals surface area contributed by atoms with E-state index in [2.05, 4.69) is 46.0 Å². The number of methoxy groups -OCH3 is 1. The van der Waals surface area contributed by atoms with Crippen molar-refractivity contribution >= 4 is 37.7 Å². The lowest BCUT2D eigenvalue weighted by atomic mass is 10.3. The summed E-state index contributed by atoms with van der Waals surface area (Å²) in [5, 5.41) is 3.23. The fourth-order valence-electron chi connectivity index (χ4n) is 2.62. The third-order valence-electron chi connectivity index (χ3n) is 3.94. The number of halogens is 1. The molecule has 1 aliphatic rings. The largest absolute Gasteiger partial charge is 0.480 e. The molecular weight excluding hydrogens is 424 g/mol. The maximum absolute atomic E-state index is 11.2. The predicted molar refractivity (Wildman–Crippen MR) is 106 cm³/mol. The summed E-state index contributed by atoms with van der Waals surface area (Å²) in [7, 11) is 0.380. The molecule has 1 aliphatic heterocycles. The fourth-order valence-corrected chi connectivity index (χ4v) is 3.64. The molecule has 1 N–H and O–H groups in total. The molecule has 0 unspecified atom stereocenters. The molecule has 9 nitrogen and oxygen atoms in total. The second-order valence-corrected chi connectivity index (χ2v) is 9.07. The zero-order valence-electron chi connectivity index (χ0n) is 15.3. The standard InChI is InChI=1S/C15H25BrN6O3S/c1-17-14(18-5-4-10-26(3,23)24)21-6-8-22(9-7-21)15-19-11-12(16)13(20-15)25-2/h11H,4-10H2,1-3H3,(H,17,18). The van der Waals surface area contributed by atoms with E-state index in [0.717, 1.165) is 36.6 Å². The third kappa shape index (κ3) is 5.97. The van der Waals surface area contributed by atoms with Gasteiger partial charge in [-0.15, -0.1) is 0 Å². The number of sulfone groups is 1. The molecule has 1 fully saturated rings. The molecule has 1 aromatic heterocycles. The van der Waals surface area contributed by atoms with Gasteiger partial charge in [-0.3, -0.25) is 4.99 Å². The van der Waals surface area contributed by atoms with Gasteiger partial charge in [0, 0.05) is 46.0 Å². The number of rotatable bonds is 6. The summed E-state index contributed by atoms with van der Waals surface area (Å²) in [6, 6.07) is 0. The molecule has 2 heterocycles. The highest BCUT2D eigenvalue weighted by atomic mass is 79.9. The van der Waals surface area contributed by atoms with Crippen LogP contribution in [0.5, 0.6) is 5.88 Å². The molecule has 1 aromatic rings. The van der Waals surface area contributed by atoms with Crippen LogP contribution in [0.25, 0.3) is 0 Å². The van der Waals surface area contributed by atoms with Crippen LogP contribution >= 0.6 is 15.9 Å². The lowest BCUT2D eigenvalue weighted by molar-refractivity contribution is 0.366. The van der Waals surface area contributed by atoms with Gasteiger partial charge >= 0.3 is 0 Å². The van der Waals surface area contributed by atoms with Gasteiger partial charge in [0.15, 0.2) is 5.96 Å². The minimum Gasteiger partial charge on any atom is -0.480 e. The van der Waals surface area contributed by atoms with Gasteiger partial charge in [0.25, 0.3) is 0 Å². The molecule has 26 heavy (non-hydrogen) atoms. The first-order valence-electron chi connectivity index (χ1n) is 8.29. The first-order chi connectivity index (χ1) is 12.3. The van der Waals surface area contributed by atoms with Crippen LogP contribution in [0.15, 0.2) is 15.7 Å². The average molecular weight is 449 g/mol. The summed E-state index contributed by atoms with van der Waals surface area (Å²) >= 11 is 3.36. The summed E-state index contributed by atoms with van der Waals surface area (Å²) in [5.41, 5.74) is 0. The van der Waals surface area contributed by atoms with Gasteiger partial charge in [-0.05, 0) is 22.4 Å². The number of nitrogens with zero attached hydrogens (tertiary/aromatic N) is 5. The summed E-state index contributed by atoms with van der Waals surface area (Å²) < 4.78 is 28.3. The normalized spacial score (nSPS) is 15.9. The summed E-state index contributed by atoms with van der Waals surface area (Å²) in [4.78, 5) is 17.3. The monoisotopic (exact) mass is 448 g/mol. The van der Waals surface area contributed by atoms with E-state index >= 15 is 0 Å². The Hall–Kier alpha value is -1.62. The second kappa shape index (κ2) is 9.36. The van der Waals surface area contributed by atoms with Crippen molar-refractivity contribution in [3.63, 3.8) is 0 Å². The maximum Gasteiger partial charge on any atom is 0.232 e. The van der Waals surface area contributed by atoms with E-state index in [1.807, 2.05) is 0 Å². The summed E-state index contributed by atoms with van der Waals surface area (Å²) in [5.74, 6) is 2.11. The quantitative estimate of drug-likeness (QED) is 0.378. The van der Waals surface area contributed by atoms with E-state index in [1.165, 1.54) is 6.26 Å². The van der Waals surface area contributed by atoms with Crippen molar-refractivity contribution in [1.82, 2.24) is 20.2 Å². The van der Waals surface area contributed by atoms with Crippen LogP contribution in [-0.2, 0) is 9.84 Å². The van der Waals surface area contributed by atoms with Gasteiger partial charge in [0.1, 0.15) is 9.84 Å². The zero-order valence-corrected chi connectivity index (χ0v) is 17.7. The lowest BCUT2D eigenvalue weighted by Crippen LogP contribution is -2.53. The highest BCUT2D eigenvalue weighted by Gasteiger charge is 2.22. The van der Waals surface area contributed by atoms with Crippen molar-refractivity contribution in [3.05, 3.63) is 10.7 Å². The molecule has 0 aliphatic carbocycles. The van der Waals surface area contributed by atoms with Gasteiger partial charge in [-0.1, -0.05) is 0 Å². The Bertz CT molecular complexity index is 735. The van der Waals surface area contributed by atoms with Crippen LogP contribution in [0.1, 0.15) is 6.42 Å². The number of piperazine rings is 1. The molecule has 0 bridgehead atoms. The number of aromatic nitrogens is 2. The zero-order chi connectivity index (χ0) is 19.2. The summed E-state index contributed by atoms with van der Waals surface area (Å²) in [6.45, 7) is 3.64. The van der Waals surface area contributed by atoms with Crippen LogP contribution in [-0.4, -0.2) is 88.1 Å². The molecular formula is C15H25BrN6O3S. The molecule has 0 aromatic carbocycles. The first kappa shape index (κ1) is 20.7. The van der Waals surface area contributed by atoms with Gasteiger partial charge in [0.05, 0.1) is 23.5 Å². The van der Waals surface area contributed by atoms with Crippen LogP contribution in [0, 0.1) is 0 Å². The topological polar surface area (TPSA) is 100 Å². The van der Waals surface area contributed by atoms with Crippen molar-refractivity contribution in [2.24, 2.45) is 4.99 Å². The van der Waals surface area contributed by atoms with Crippen LogP contribution in [0.2, 0.25) is 0 Å². The van der Waals surface area contributed by atoms with E-state index in [9.17, 15) is 8.42 Å². The van der Waals surface area contributed by atoms with E-state index in [1.54, 1.807) is 20.4 Å². The van der Waals surface area contributed by atoms with Crippen LogP contribution < -0.4 is 15.0 Å². The number of hydrogen-bond acceptors (Lipinski definition) is 7. The molecule has 1 saturated heterocycles. The molecule has 0 atom stereocenters. The predicted octanol–water partition coefficient (Wildman–Crippen LogP) is 0.380. The van der Waals surface area contributed by atoms with Crippen molar-refractivity contribution < 1.29 is 13.2 Å². The Balaban J connectivity index is 1.86. The van der Waals surface area contributed by atoms with Crippen molar-refractivity contribution in [2.75, 3.05) is 63.8 Å². The molecule has 146 valence electrons. The molecule has 0 radical (unpaired) electrons. The minimum atomic E-state index is -2.93. The fraction of sp³-hybridized carbons (Fsp3) is 0.667. The second-order valence-electron chi connectivity index (χ2n) is 5.96. The molecule has 0 amide bonds. The van der Waals surface area contributed by atoms with E-state index in [0.29, 0.717) is 24.8 Å². The lowest BCUT2D eigenvalue weighted by Gasteiger charge is -2.36. The van der Waals surface area contributed by atoms with Gasteiger partial charge in [0.2, 0.25) is 11.8 Å². The van der Waals surface area contributed by atoms with E-state index < -0.39 is 9.84 Å². The van der Waals surface area contributed by atoms with E-state index in [4.69, 9.17) is 4.74 Å². The van der Waals surface area contributed by atoms with Crippen molar-refractivity contribution in [2.45, 2.75) is 6.42 Å². The van der Waals surface area contributed by atoms with Crippen LogP contribution in [0.3, 0.4) is 0 Å². The maximum atomic E-state index is 11.2. The first-order valence-corrected chi connectivity index (χ1v) is 11.1. The van der Waals surface area contributed by atoms with Crippen molar-refractivity contribution in [3.8, 4) is 5.88 Å². The SMILES string of the molecule is CN=C(NCCCS(C)(=O)=O)N1CCN(c2ncc(Br)c(OC)n2)CC1. The smallest absolute Gasteiger partial charge is 0.232 e. The van der Waals surface area contributed by atoms with E-state index in [-0.39, 0.29) is 5.75 Å². The number of anilines is 1. The molecule has 11 heteroatoms. The molecule has 0 saturated carbocycles. The van der Waals surface area contributed by atoms with Crippen LogP contribution in [0.4, 0.5) is 5.95 Å². The number of hydrogen-bond donors (Lipinski definition) is 1. The summed E-state index contributed by atoms with van der Waals surface area (Å²) in [6.07, 6.45) is 3.50. The van der Waals surface area contributed by atoms with Gasteiger partial charge in [-0.25, -0.2) is 13.4 Å². The highest BCUT2D eigenvalue weighted by Crippen LogP contribution is 2.23. The van der Waals surface area contributed by atoms with Gasteiger partial charge in [-0.2, -0.15) is 4.98 Å². The molecule has 2 rings (SSSR count). The average Bonchev–Trinajstić information content (AvgIpc) is 2.62. The number of guanidine groups is 1. The Kier molecular flexibility index (Phi) is 7.44. The molecule has 0 spiro atoms. The number of aliphatic imine (C=N–C) groups is 1. The number of nitrogens with one attached hydrogen (secondary N) is 1. The Morgan fingerprint density at radius 2 is 2.08 bits per heavy atom. The Morgan fingerprint density at radius 1 is 1.38 bits per heavy atom. The Morgan fingerprint density at radius 3 is 2.65 bits per heavy atom. The van der Waals surface area contributed by atoms with Gasteiger partial charge < -0.3 is 19.9 Å². The highest BCUT2D eigenvalue weighted by molar-refractivity contribution is 9.10. The number of ether oxygens (including phenoxy) is 1. The minimum absolute atomic E-state index is 0.174. The van der Waals surface area contributed by atoms with Crippen molar-refractivity contribution in [1.29, 1.82) is 0 Å². The third-order valence-corrected chi connectivity index (χ3v) is 5.52.